The number of ether oxygens (including phenoxy) is 1. The van der Waals surface area contributed by atoms with Crippen molar-refractivity contribution in [1.29, 1.82) is 5.26 Å². The fraction of sp³-hybridized carbons (Fsp3) is 0.429. The largest absolute Gasteiger partial charge is 0.378 e. The third-order valence-electron chi connectivity index (χ3n) is 5.19. The van der Waals surface area contributed by atoms with Crippen molar-refractivity contribution in [2.75, 3.05) is 37.0 Å². The van der Waals surface area contributed by atoms with E-state index in [1.807, 2.05) is 35.0 Å². The molecule has 0 aliphatic carbocycles. The first-order chi connectivity index (χ1) is 14.7. The number of aromatic nitrogens is 4. The minimum atomic E-state index is 0.0467. The van der Waals surface area contributed by atoms with Gasteiger partial charge in [-0.1, -0.05) is 30.0 Å². The van der Waals surface area contributed by atoms with Crippen molar-refractivity contribution in [2.45, 2.75) is 31.6 Å². The van der Waals surface area contributed by atoms with Crippen molar-refractivity contribution in [1.82, 2.24) is 19.3 Å². The van der Waals surface area contributed by atoms with Gasteiger partial charge < -0.3 is 14.2 Å². The summed E-state index contributed by atoms with van der Waals surface area (Å²) in [5, 5.41) is 19.3. The molecule has 9 heteroatoms. The lowest BCUT2D eigenvalue weighted by molar-refractivity contribution is 0.102. The lowest BCUT2D eigenvalue weighted by Crippen LogP contribution is -2.38. The Bertz CT molecular complexity index is 1080. The van der Waals surface area contributed by atoms with E-state index in [-0.39, 0.29) is 11.5 Å². The van der Waals surface area contributed by atoms with Crippen LogP contribution in [0.25, 0.3) is 10.9 Å². The third kappa shape index (κ3) is 4.06. The minimum absolute atomic E-state index is 0.0467. The SMILES string of the molecule is CCn1c(SCC(=O)c2cn(CCC#N)c3ccccc23)nnc1N1CCOCC1. The predicted molar refractivity (Wildman–Crippen MR) is 116 cm³/mol. The monoisotopic (exact) mass is 424 g/mol. The maximum Gasteiger partial charge on any atom is 0.228 e. The number of hydrogen-bond acceptors (Lipinski definition) is 7. The van der Waals surface area contributed by atoms with E-state index in [4.69, 9.17) is 10.00 Å². The molecule has 1 aliphatic rings. The third-order valence-corrected chi connectivity index (χ3v) is 6.16. The van der Waals surface area contributed by atoms with Crippen molar-refractivity contribution in [3.63, 3.8) is 0 Å². The number of fused-ring (bicyclic) bond motifs is 1. The predicted octanol–water partition coefficient (Wildman–Crippen LogP) is 2.98. The molecule has 30 heavy (non-hydrogen) atoms. The molecule has 1 aliphatic heterocycles. The number of nitriles is 1. The van der Waals surface area contributed by atoms with Crippen LogP contribution in [0, 0.1) is 11.3 Å². The summed E-state index contributed by atoms with van der Waals surface area (Å²) in [5.41, 5.74) is 1.67. The van der Waals surface area contributed by atoms with Crippen LogP contribution in [-0.4, -0.2) is 57.2 Å². The molecule has 0 spiro atoms. The van der Waals surface area contributed by atoms with E-state index in [9.17, 15) is 4.79 Å². The van der Waals surface area contributed by atoms with E-state index >= 15 is 0 Å². The van der Waals surface area contributed by atoms with Gasteiger partial charge in [-0.2, -0.15) is 5.26 Å². The summed E-state index contributed by atoms with van der Waals surface area (Å²) in [6.45, 7) is 6.34. The Morgan fingerprint density at radius 1 is 1.27 bits per heavy atom. The molecule has 156 valence electrons. The molecule has 4 rings (SSSR count). The van der Waals surface area contributed by atoms with E-state index in [1.165, 1.54) is 11.8 Å². The number of carbonyl (C=O) groups excluding carboxylic acids is 1. The molecule has 1 saturated heterocycles. The highest BCUT2D eigenvalue weighted by molar-refractivity contribution is 7.99. The van der Waals surface area contributed by atoms with Crippen molar-refractivity contribution >= 4 is 34.4 Å². The summed E-state index contributed by atoms with van der Waals surface area (Å²) in [4.78, 5) is 15.2. The zero-order chi connectivity index (χ0) is 20.9. The topological polar surface area (TPSA) is 89.0 Å². The van der Waals surface area contributed by atoms with Crippen LogP contribution < -0.4 is 4.90 Å². The molecular formula is C21H24N6O2S. The second kappa shape index (κ2) is 9.32. The lowest BCUT2D eigenvalue weighted by atomic mass is 10.1. The summed E-state index contributed by atoms with van der Waals surface area (Å²) in [5.74, 6) is 1.17. The molecule has 3 heterocycles. The first-order valence-electron chi connectivity index (χ1n) is 10.1. The fourth-order valence-corrected chi connectivity index (χ4v) is 4.57. The van der Waals surface area contributed by atoms with Crippen LogP contribution in [0.3, 0.4) is 0 Å². The highest BCUT2D eigenvalue weighted by Gasteiger charge is 2.21. The normalized spacial score (nSPS) is 14.2. The summed E-state index contributed by atoms with van der Waals surface area (Å²) in [6.07, 6.45) is 2.28. The van der Waals surface area contributed by atoms with Crippen LogP contribution in [0.2, 0.25) is 0 Å². The molecule has 3 aromatic rings. The zero-order valence-electron chi connectivity index (χ0n) is 17.0. The van der Waals surface area contributed by atoms with Crippen LogP contribution in [0.5, 0.6) is 0 Å². The van der Waals surface area contributed by atoms with Gasteiger partial charge in [-0.15, -0.1) is 10.2 Å². The van der Waals surface area contributed by atoms with Crippen LogP contribution in [0.1, 0.15) is 23.7 Å². The molecule has 2 aromatic heterocycles. The van der Waals surface area contributed by atoms with Crippen LogP contribution in [-0.2, 0) is 17.8 Å². The van der Waals surface area contributed by atoms with Crippen LogP contribution >= 0.6 is 11.8 Å². The number of Topliss-reactive ketones (excluding diaryl/α,β-unsaturated/α-hetero) is 1. The Hall–Kier alpha value is -2.83. The average molecular weight is 425 g/mol. The Morgan fingerprint density at radius 2 is 2.07 bits per heavy atom. The van der Waals surface area contributed by atoms with Crippen LogP contribution in [0.4, 0.5) is 5.95 Å². The number of para-hydroxylation sites is 1. The molecule has 0 saturated carbocycles. The van der Waals surface area contributed by atoms with Gasteiger partial charge in [0.15, 0.2) is 10.9 Å². The Morgan fingerprint density at radius 3 is 2.83 bits per heavy atom. The number of rotatable bonds is 8. The molecule has 0 atom stereocenters. The molecule has 0 bridgehead atoms. The number of benzene rings is 1. The first kappa shape index (κ1) is 20.4. The summed E-state index contributed by atoms with van der Waals surface area (Å²) in [6, 6.07) is 10.00. The molecule has 0 radical (unpaired) electrons. The average Bonchev–Trinajstić information content (AvgIpc) is 3.38. The Kier molecular flexibility index (Phi) is 6.35. The summed E-state index contributed by atoms with van der Waals surface area (Å²) in [7, 11) is 0. The molecule has 8 nitrogen and oxygen atoms in total. The van der Waals surface area contributed by atoms with E-state index in [0.29, 0.717) is 31.7 Å². The number of ketones is 1. The number of thioether (sulfide) groups is 1. The Balaban J connectivity index is 1.52. The Labute approximate surface area is 179 Å². The van der Waals surface area contributed by atoms with E-state index in [2.05, 4.69) is 32.7 Å². The van der Waals surface area contributed by atoms with Crippen LogP contribution in [0.15, 0.2) is 35.6 Å². The highest BCUT2D eigenvalue weighted by atomic mass is 32.2. The molecule has 0 unspecified atom stereocenters. The molecule has 0 amide bonds. The summed E-state index contributed by atoms with van der Waals surface area (Å²) >= 11 is 1.42. The standard InChI is InChI=1S/C21H24N6O2S/c1-2-27-20(25-10-12-29-13-11-25)23-24-21(27)30-15-19(28)17-14-26(9-5-8-22)18-7-4-3-6-16(17)18/h3-4,6-7,14H,2,5,9-13,15H2,1H3. The van der Waals surface area contributed by atoms with Gasteiger partial charge in [0.05, 0.1) is 31.5 Å². The summed E-state index contributed by atoms with van der Waals surface area (Å²) < 4.78 is 9.46. The molecule has 1 aromatic carbocycles. The van der Waals surface area contributed by atoms with Crippen molar-refractivity contribution in [2.24, 2.45) is 0 Å². The van der Waals surface area contributed by atoms with Gasteiger partial charge in [0.25, 0.3) is 0 Å². The zero-order valence-corrected chi connectivity index (χ0v) is 17.8. The smallest absolute Gasteiger partial charge is 0.228 e. The van der Waals surface area contributed by atoms with Crippen molar-refractivity contribution < 1.29 is 9.53 Å². The molecule has 1 fully saturated rings. The van der Waals surface area contributed by atoms with Gasteiger partial charge in [-0.25, -0.2) is 0 Å². The van der Waals surface area contributed by atoms with Crippen molar-refractivity contribution in [3.05, 3.63) is 36.0 Å². The number of morpholine rings is 1. The quantitative estimate of drug-likeness (QED) is 0.406. The maximum atomic E-state index is 13.0. The van der Waals surface area contributed by atoms with Gasteiger partial charge in [-0.05, 0) is 13.0 Å². The number of anilines is 1. The second-order valence-electron chi connectivity index (χ2n) is 7.00. The van der Waals surface area contributed by atoms with Gasteiger partial charge in [0.1, 0.15) is 0 Å². The lowest BCUT2D eigenvalue weighted by Gasteiger charge is -2.27. The second-order valence-corrected chi connectivity index (χ2v) is 7.94. The van der Waals surface area contributed by atoms with Gasteiger partial charge in [-0.3, -0.25) is 9.36 Å². The molecular weight excluding hydrogens is 400 g/mol. The van der Waals surface area contributed by atoms with Crippen molar-refractivity contribution in [3.8, 4) is 6.07 Å². The van der Waals surface area contributed by atoms with E-state index in [0.717, 1.165) is 41.6 Å². The molecule has 0 N–H and O–H groups in total. The van der Waals surface area contributed by atoms with Gasteiger partial charge in [0.2, 0.25) is 5.95 Å². The van der Waals surface area contributed by atoms with Gasteiger partial charge >= 0.3 is 0 Å². The highest BCUT2D eigenvalue weighted by Crippen LogP contribution is 2.26. The van der Waals surface area contributed by atoms with Gasteiger partial charge in [0, 0.05) is 48.8 Å². The first-order valence-corrected chi connectivity index (χ1v) is 11.1. The maximum absolute atomic E-state index is 13.0. The fourth-order valence-electron chi connectivity index (χ4n) is 3.69. The number of aryl methyl sites for hydroxylation is 1. The number of carbonyl (C=O) groups is 1. The minimum Gasteiger partial charge on any atom is -0.378 e. The van der Waals surface area contributed by atoms with E-state index in [1.54, 1.807) is 0 Å². The number of nitrogens with zero attached hydrogens (tertiary/aromatic N) is 6. The van der Waals surface area contributed by atoms with E-state index < -0.39 is 0 Å². The number of hydrogen-bond donors (Lipinski definition) is 0.